The van der Waals surface area contributed by atoms with Crippen molar-refractivity contribution < 1.29 is 19.1 Å². The van der Waals surface area contributed by atoms with Gasteiger partial charge in [-0.15, -0.1) is 0 Å². The van der Waals surface area contributed by atoms with Gasteiger partial charge in [-0.3, -0.25) is 19.3 Å². The van der Waals surface area contributed by atoms with Crippen LogP contribution in [0.4, 0.5) is 0 Å². The Kier molecular flexibility index (Phi) is 4.44. The van der Waals surface area contributed by atoms with E-state index in [4.69, 9.17) is 4.74 Å². The van der Waals surface area contributed by atoms with Crippen molar-refractivity contribution in [1.29, 1.82) is 0 Å². The summed E-state index contributed by atoms with van der Waals surface area (Å²) >= 11 is 0. The number of benzene rings is 1. The van der Waals surface area contributed by atoms with Crippen LogP contribution in [0.25, 0.3) is 0 Å². The first-order chi connectivity index (χ1) is 12.9. The Morgan fingerprint density at radius 2 is 1.96 bits per heavy atom. The van der Waals surface area contributed by atoms with Crippen LogP contribution < -0.4 is 4.74 Å². The predicted octanol–water partition coefficient (Wildman–Crippen LogP) is 2.11. The molecule has 3 fully saturated rings. The van der Waals surface area contributed by atoms with Crippen LogP contribution in [-0.2, 0) is 19.8 Å². The van der Waals surface area contributed by atoms with Gasteiger partial charge in [0, 0.05) is 32.5 Å². The van der Waals surface area contributed by atoms with Crippen molar-refractivity contribution in [3.63, 3.8) is 0 Å². The van der Waals surface area contributed by atoms with E-state index in [9.17, 15) is 14.4 Å². The summed E-state index contributed by atoms with van der Waals surface area (Å²) in [6, 6.07) is 7.47. The Hall–Kier alpha value is -2.37. The number of nitrogens with zero attached hydrogens (tertiary/aromatic N) is 2. The number of rotatable bonds is 4. The van der Waals surface area contributed by atoms with Crippen molar-refractivity contribution in [1.82, 2.24) is 9.80 Å². The SMILES string of the molecule is COc1ccc([C@]2(CC(=O)N3C[C@H]4CCC[C@@H]3C4)CC(=O)N(C)C2=O)cc1. The molecule has 144 valence electrons. The molecule has 3 amide bonds. The fourth-order valence-corrected chi connectivity index (χ4v) is 5.07. The first-order valence-electron chi connectivity index (χ1n) is 9.69. The molecular weight excluding hydrogens is 344 g/mol. The number of methoxy groups -OCH3 is 1. The zero-order valence-corrected chi connectivity index (χ0v) is 15.9. The Morgan fingerprint density at radius 1 is 1.22 bits per heavy atom. The van der Waals surface area contributed by atoms with E-state index in [2.05, 4.69) is 0 Å². The zero-order chi connectivity index (χ0) is 19.2. The molecule has 2 saturated heterocycles. The Balaban J connectivity index is 1.65. The molecule has 3 aliphatic rings. The lowest BCUT2D eigenvalue weighted by molar-refractivity contribution is -0.141. The van der Waals surface area contributed by atoms with E-state index >= 15 is 0 Å². The summed E-state index contributed by atoms with van der Waals surface area (Å²) in [5.74, 6) is 0.751. The topological polar surface area (TPSA) is 66.9 Å². The van der Waals surface area contributed by atoms with Crippen LogP contribution in [0.3, 0.4) is 0 Å². The number of likely N-dealkylation sites (N-methyl/N-ethyl adjacent to an activating group) is 1. The number of hydrogen-bond acceptors (Lipinski definition) is 4. The highest BCUT2D eigenvalue weighted by Gasteiger charge is 2.53. The van der Waals surface area contributed by atoms with Gasteiger partial charge in [0.25, 0.3) is 0 Å². The van der Waals surface area contributed by atoms with Crippen molar-refractivity contribution in [3.8, 4) is 5.75 Å². The normalized spacial score (nSPS) is 30.1. The highest BCUT2D eigenvalue weighted by molar-refractivity contribution is 6.10. The van der Waals surface area contributed by atoms with Gasteiger partial charge < -0.3 is 9.64 Å². The van der Waals surface area contributed by atoms with E-state index < -0.39 is 5.41 Å². The number of likely N-dealkylation sites (tertiary alicyclic amines) is 2. The van der Waals surface area contributed by atoms with Crippen LogP contribution in [-0.4, -0.2) is 54.3 Å². The molecule has 6 nitrogen and oxygen atoms in total. The van der Waals surface area contributed by atoms with E-state index in [-0.39, 0.29) is 30.6 Å². The first kappa shape index (κ1) is 18.0. The number of carbonyl (C=O) groups excluding carboxylic acids is 3. The van der Waals surface area contributed by atoms with E-state index in [0.717, 1.165) is 19.4 Å². The molecule has 2 aliphatic heterocycles. The van der Waals surface area contributed by atoms with Crippen LogP contribution in [0.1, 0.15) is 44.1 Å². The third kappa shape index (κ3) is 2.91. The Bertz CT molecular complexity index is 775. The molecule has 0 unspecified atom stereocenters. The van der Waals surface area contributed by atoms with E-state index in [1.54, 1.807) is 31.4 Å². The molecule has 3 atom stereocenters. The first-order valence-corrected chi connectivity index (χ1v) is 9.69. The van der Waals surface area contributed by atoms with Crippen molar-refractivity contribution in [2.45, 2.75) is 50.0 Å². The number of fused-ring (bicyclic) bond motifs is 2. The lowest BCUT2D eigenvalue weighted by atomic mass is 9.75. The summed E-state index contributed by atoms with van der Waals surface area (Å²) in [6.07, 6.45) is 4.57. The molecule has 1 aliphatic carbocycles. The predicted molar refractivity (Wildman–Crippen MR) is 99.1 cm³/mol. The average Bonchev–Trinajstić information content (AvgIpc) is 3.10. The van der Waals surface area contributed by atoms with Gasteiger partial charge in [-0.05, 0) is 42.9 Å². The highest BCUT2D eigenvalue weighted by Crippen LogP contribution is 2.42. The lowest BCUT2D eigenvalue weighted by Crippen LogP contribution is -2.44. The summed E-state index contributed by atoms with van der Waals surface area (Å²) in [4.78, 5) is 41.8. The van der Waals surface area contributed by atoms with Crippen molar-refractivity contribution in [2.75, 3.05) is 20.7 Å². The molecule has 0 aromatic heterocycles. The summed E-state index contributed by atoms with van der Waals surface area (Å²) in [5, 5.41) is 0. The van der Waals surface area contributed by atoms with Gasteiger partial charge in [-0.2, -0.15) is 0 Å². The fraction of sp³-hybridized carbons (Fsp3) is 0.571. The van der Waals surface area contributed by atoms with Gasteiger partial charge in [0.05, 0.1) is 12.5 Å². The number of hydrogen-bond donors (Lipinski definition) is 0. The van der Waals surface area contributed by atoms with Crippen molar-refractivity contribution in [2.24, 2.45) is 5.92 Å². The van der Waals surface area contributed by atoms with E-state index in [1.165, 1.54) is 24.8 Å². The zero-order valence-electron chi connectivity index (χ0n) is 15.9. The molecule has 27 heavy (non-hydrogen) atoms. The second-order valence-corrected chi connectivity index (χ2v) is 8.15. The molecule has 6 heteroatoms. The van der Waals surface area contributed by atoms with Crippen LogP contribution in [0.2, 0.25) is 0 Å². The molecule has 4 rings (SSSR count). The summed E-state index contributed by atoms with van der Waals surface area (Å²) in [7, 11) is 3.08. The number of carbonyl (C=O) groups is 3. The fourth-order valence-electron chi connectivity index (χ4n) is 5.07. The van der Waals surface area contributed by atoms with Crippen LogP contribution >= 0.6 is 0 Å². The minimum absolute atomic E-state index is 0.00309. The molecule has 1 aromatic rings. The largest absolute Gasteiger partial charge is 0.497 e. The highest BCUT2D eigenvalue weighted by atomic mass is 16.5. The molecule has 2 heterocycles. The van der Waals surface area contributed by atoms with Gasteiger partial charge in [-0.1, -0.05) is 18.6 Å². The minimum atomic E-state index is -1.11. The van der Waals surface area contributed by atoms with Crippen LogP contribution in [0.15, 0.2) is 24.3 Å². The average molecular weight is 370 g/mol. The molecule has 2 bridgehead atoms. The monoisotopic (exact) mass is 370 g/mol. The third-order valence-corrected chi connectivity index (χ3v) is 6.61. The van der Waals surface area contributed by atoms with Gasteiger partial charge in [-0.25, -0.2) is 0 Å². The molecule has 1 aromatic carbocycles. The van der Waals surface area contributed by atoms with Gasteiger partial charge in [0.15, 0.2) is 0 Å². The van der Waals surface area contributed by atoms with E-state index in [1.807, 2.05) is 4.90 Å². The summed E-state index contributed by atoms with van der Waals surface area (Å²) in [5.41, 5.74) is -0.396. The molecule has 0 N–H and O–H groups in total. The molecule has 0 radical (unpaired) electrons. The van der Waals surface area contributed by atoms with Gasteiger partial charge in [0.2, 0.25) is 17.7 Å². The summed E-state index contributed by atoms with van der Waals surface area (Å²) < 4.78 is 5.21. The van der Waals surface area contributed by atoms with E-state index in [0.29, 0.717) is 23.3 Å². The van der Waals surface area contributed by atoms with Gasteiger partial charge >= 0.3 is 0 Å². The molecule has 1 saturated carbocycles. The minimum Gasteiger partial charge on any atom is -0.497 e. The van der Waals surface area contributed by atoms with Gasteiger partial charge in [0.1, 0.15) is 5.75 Å². The van der Waals surface area contributed by atoms with Crippen LogP contribution in [0.5, 0.6) is 5.75 Å². The Morgan fingerprint density at radius 3 is 2.56 bits per heavy atom. The maximum absolute atomic E-state index is 13.2. The molecule has 0 spiro atoms. The second-order valence-electron chi connectivity index (χ2n) is 8.15. The molecular formula is C21H26N2O4. The maximum Gasteiger partial charge on any atom is 0.240 e. The maximum atomic E-state index is 13.2. The number of ether oxygens (including phenoxy) is 1. The number of amides is 3. The quantitative estimate of drug-likeness (QED) is 0.762. The van der Waals surface area contributed by atoms with Crippen LogP contribution in [0, 0.1) is 5.92 Å². The summed E-state index contributed by atoms with van der Waals surface area (Å²) in [6.45, 7) is 0.792. The standard InChI is InChI=1S/C21H26N2O4/c1-22-18(24)11-21(20(22)26,15-6-8-17(27-2)9-7-15)12-19(25)23-13-14-4-3-5-16(23)10-14/h6-9,14,16H,3-5,10-13H2,1-2H3/t14-,16+,21+/m0/s1. The second kappa shape index (κ2) is 6.66. The lowest BCUT2D eigenvalue weighted by Gasteiger charge is -2.31. The smallest absolute Gasteiger partial charge is 0.240 e. The van der Waals surface area contributed by atoms with Crippen molar-refractivity contribution >= 4 is 17.7 Å². The number of imide groups is 1. The van der Waals surface area contributed by atoms with Crippen molar-refractivity contribution in [3.05, 3.63) is 29.8 Å². The Labute approximate surface area is 159 Å². The third-order valence-electron chi connectivity index (χ3n) is 6.61.